The average molecular weight is 337 g/mol. The molecule has 1 aliphatic heterocycles. The van der Waals surface area contributed by atoms with Gasteiger partial charge in [-0.1, -0.05) is 18.2 Å². The van der Waals surface area contributed by atoms with Crippen molar-refractivity contribution in [3.8, 4) is 0 Å². The lowest BCUT2D eigenvalue weighted by molar-refractivity contribution is -0.137. The standard InChI is InChI=1S/C18H18F3NO2/c19-18(20,21)14-6-4-13(5-7-14)17(8-11-24-12-9-17)16(23)15-3-1-2-10-22-15/h1-7,10,16,23H,8-9,11-12H2/t16-/m0/s1. The first-order chi connectivity index (χ1) is 11.4. The highest BCUT2D eigenvalue weighted by Gasteiger charge is 2.43. The zero-order valence-corrected chi connectivity index (χ0v) is 13.0. The van der Waals surface area contributed by atoms with Gasteiger partial charge < -0.3 is 9.84 Å². The van der Waals surface area contributed by atoms with Crippen LogP contribution in [0.4, 0.5) is 13.2 Å². The topological polar surface area (TPSA) is 42.4 Å². The number of rotatable bonds is 3. The van der Waals surface area contributed by atoms with Crippen LogP contribution in [0, 0.1) is 0 Å². The maximum Gasteiger partial charge on any atom is 0.416 e. The second-order valence-electron chi connectivity index (χ2n) is 6.00. The van der Waals surface area contributed by atoms with Gasteiger partial charge in [0, 0.05) is 24.8 Å². The van der Waals surface area contributed by atoms with Gasteiger partial charge in [0.1, 0.15) is 6.10 Å². The number of benzene rings is 1. The molecule has 2 aromatic rings. The molecule has 1 aliphatic rings. The number of nitrogens with zero attached hydrogens (tertiary/aromatic N) is 1. The summed E-state index contributed by atoms with van der Waals surface area (Å²) in [5, 5.41) is 10.9. The lowest BCUT2D eigenvalue weighted by atomic mass is 9.69. The van der Waals surface area contributed by atoms with Gasteiger partial charge in [0.05, 0.1) is 11.3 Å². The van der Waals surface area contributed by atoms with Crippen molar-refractivity contribution in [2.24, 2.45) is 0 Å². The van der Waals surface area contributed by atoms with Crippen LogP contribution in [-0.2, 0) is 16.3 Å². The summed E-state index contributed by atoms with van der Waals surface area (Å²) in [7, 11) is 0. The molecule has 1 aromatic carbocycles. The third-order valence-electron chi connectivity index (χ3n) is 4.66. The highest BCUT2D eigenvalue weighted by molar-refractivity contribution is 5.34. The van der Waals surface area contributed by atoms with Gasteiger partial charge >= 0.3 is 6.18 Å². The molecule has 0 bridgehead atoms. The van der Waals surface area contributed by atoms with E-state index in [4.69, 9.17) is 4.74 Å². The normalized spacial score (nSPS) is 19.0. The Labute approximate surface area is 138 Å². The van der Waals surface area contributed by atoms with Gasteiger partial charge in [0.25, 0.3) is 0 Å². The van der Waals surface area contributed by atoms with Gasteiger partial charge in [-0.3, -0.25) is 4.98 Å². The van der Waals surface area contributed by atoms with Gasteiger partial charge in [-0.2, -0.15) is 13.2 Å². The molecular formula is C18H18F3NO2. The lowest BCUT2D eigenvalue weighted by Crippen LogP contribution is -2.40. The van der Waals surface area contributed by atoms with E-state index in [0.717, 1.165) is 12.1 Å². The average Bonchev–Trinajstić information content (AvgIpc) is 2.62. The minimum absolute atomic E-state index is 0.449. The second-order valence-corrected chi connectivity index (χ2v) is 6.00. The smallest absolute Gasteiger partial charge is 0.386 e. The number of ether oxygens (including phenoxy) is 1. The summed E-state index contributed by atoms with van der Waals surface area (Å²) in [6.45, 7) is 0.899. The minimum atomic E-state index is -4.37. The van der Waals surface area contributed by atoms with Crippen LogP contribution >= 0.6 is 0 Å². The van der Waals surface area contributed by atoms with Gasteiger partial charge in [-0.05, 0) is 42.7 Å². The molecule has 0 aliphatic carbocycles. The Kier molecular flexibility index (Phi) is 4.60. The summed E-state index contributed by atoms with van der Waals surface area (Å²) in [4.78, 5) is 4.21. The number of halogens is 3. The monoisotopic (exact) mass is 337 g/mol. The molecule has 1 atom stereocenters. The number of aliphatic hydroxyl groups excluding tert-OH is 1. The molecule has 6 heteroatoms. The van der Waals surface area contributed by atoms with Crippen molar-refractivity contribution >= 4 is 0 Å². The van der Waals surface area contributed by atoms with Crippen LogP contribution in [0.3, 0.4) is 0 Å². The molecule has 1 fully saturated rings. The van der Waals surface area contributed by atoms with Crippen LogP contribution in [0.2, 0.25) is 0 Å². The van der Waals surface area contributed by atoms with Crippen molar-refractivity contribution < 1.29 is 23.0 Å². The SMILES string of the molecule is O[C@@H](c1ccccn1)C1(c2ccc(C(F)(F)F)cc2)CCOCC1. The van der Waals surface area contributed by atoms with Gasteiger partial charge in [-0.15, -0.1) is 0 Å². The van der Waals surface area contributed by atoms with Crippen molar-refractivity contribution in [1.82, 2.24) is 4.98 Å². The van der Waals surface area contributed by atoms with Gasteiger partial charge in [0.15, 0.2) is 0 Å². The third kappa shape index (κ3) is 3.16. The zero-order chi connectivity index (χ0) is 17.2. The summed E-state index contributed by atoms with van der Waals surface area (Å²) >= 11 is 0. The van der Waals surface area contributed by atoms with Crippen LogP contribution in [0.25, 0.3) is 0 Å². The molecule has 0 radical (unpaired) electrons. The number of alkyl halides is 3. The number of pyridine rings is 1. The van der Waals surface area contributed by atoms with E-state index in [9.17, 15) is 18.3 Å². The molecule has 1 aromatic heterocycles. The van der Waals surface area contributed by atoms with Crippen LogP contribution in [0.1, 0.15) is 35.8 Å². The first-order valence-electron chi connectivity index (χ1n) is 7.78. The Balaban J connectivity index is 2.00. The number of aromatic nitrogens is 1. The first kappa shape index (κ1) is 16.9. The third-order valence-corrected chi connectivity index (χ3v) is 4.66. The minimum Gasteiger partial charge on any atom is -0.386 e. The fourth-order valence-electron chi connectivity index (χ4n) is 3.27. The molecule has 24 heavy (non-hydrogen) atoms. The molecule has 2 heterocycles. The fraction of sp³-hybridized carbons (Fsp3) is 0.389. The second kappa shape index (κ2) is 6.53. The number of hydrogen-bond acceptors (Lipinski definition) is 3. The van der Waals surface area contributed by atoms with Crippen molar-refractivity contribution in [3.63, 3.8) is 0 Å². The Morgan fingerprint density at radius 2 is 1.71 bits per heavy atom. The van der Waals surface area contributed by atoms with Crippen LogP contribution in [0.5, 0.6) is 0 Å². The van der Waals surface area contributed by atoms with Crippen molar-refractivity contribution in [3.05, 3.63) is 65.5 Å². The van der Waals surface area contributed by atoms with Crippen LogP contribution < -0.4 is 0 Å². The first-order valence-corrected chi connectivity index (χ1v) is 7.78. The molecule has 0 amide bonds. The van der Waals surface area contributed by atoms with E-state index in [-0.39, 0.29) is 0 Å². The summed E-state index contributed by atoms with van der Waals surface area (Å²) in [6.07, 6.45) is -2.63. The predicted octanol–water partition coefficient (Wildman–Crippen LogP) is 3.88. The highest BCUT2D eigenvalue weighted by Crippen LogP contribution is 2.45. The lowest BCUT2D eigenvalue weighted by Gasteiger charge is -2.41. The fourth-order valence-corrected chi connectivity index (χ4v) is 3.27. The quantitative estimate of drug-likeness (QED) is 0.924. The molecular weight excluding hydrogens is 319 g/mol. The van der Waals surface area contributed by atoms with Crippen molar-refractivity contribution in [2.45, 2.75) is 30.5 Å². The van der Waals surface area contributed by atoms with Crippen LogP contribution in [0.15, 0.2) is 48.7 Å². The van der Waals surface area contributed by atoms with Gasteiger partial charge in [-0.25, -0.2) is 0 Å². The summed E-state index contributed by atoms with van der Waals surface area (Å²) in [5.41, 5.74) is -0.200. The summed E-state index contributed by atoms with van der Waals surface area (Å²) in [5.74, 6) is 0. The molecule has 0 saturated carbocycles. The molecule has 3 nitrogen and oxygen atoms in total. The molecule has 0 spiro atoms. The van der Waals surface area contributed by atoms with Crippen molar-refractivity contribution in [1.29, 1.82) is 0 Å². The Bertz CT molecular complexity index is 665. The molecule has 128 valence electrons. The molecule has 1 N–H and O–H groups in total. The van der Waals surface area contributed by atoms with E-state index in [1.807, 2.05) is 0 Å². The Morgan fingerprint density at radius 1 is 1.04 bits per heavy atom. The largest absolute Gasteiger partial charge is 0.416 e. The van der Waals surface area contributed by atoms with E-state index < -0.39 is 23.3 Å². The van der Waals surface area contributed by atoms with E-state index in [2.05, 4.69) is 4.98 Å². The Morgan fingerprint density at radius 3 is 2.25 bits per heavy atom. The molecule has 3 rings (SSSR count). The van der Waals surface area contributed by atoms with E-state index >= 15 is 0 Å². The Hall–Kier alpha value is -1.92. The zero-order valence-electron chi connectivity index (χ0n) is 13.0. The summed E-state index contributed by atoms with van der Waals surface area (Å²) in [6, 6.07) is 10.3. The number of aliphatic hydroxyl groups is 1. The van der Waals surface area contributed by atoms with E-state index in [1.165, 1.54) is 12.1 Å². The van der Waals surface area contributed by atoms with Crippen LogP contribution in [-0.4, -0.2) is 23.3 Å². The number of hydrogen-bond donors (Lipinski definition) is 1. The maximum atomic E-state index is 12.8. The van der Waals surface area contributed by atoms with E-state index in [0.29, 0.717) is 37.3 Å². The highest BCUT2D eigenvalue weighted by atomic mass is 19.4. The molecule has 1 saturated heterocycles. The summed E-state index contributed by atoms with van der Waals surface area (Å²) < 4.78 is 43.8. The molecule has 0 unspecified atom stereocenters. The van der Waals surface area contributed by atoms with Gasteiger partial charge in [0.2, 0.25) is 0 Å². The predicted molar refractivity (Wildman–Crippen MR) is 82.4 cm³/mol. The van der Waals surface area contributed by atoms with E-state index in [1.54, 1.807) is 24.4 Å². The van der Waals surface area contributed by atoms with Crippen molar-refractivity contribution in [2.75, 3.05) is 13.2 Å². The maximum absolute atomic E-state index is 12.8.